The van der Waals surface area contributed by atoms with Gasteiger partial charge in [-0.3, -0.25) is 4.98 Å². The zero-order chi connectivity index (χ0) is 13.1. The molecular formula is C15H26N2O. The average molecular weight is 250 g/mol. The lowest BCUT2D eigenvalue weighted by molar-refractivity contribution is 0.116. The Bertz CT molecular complexity index is 315. The number of nitrogens with two attached hydrogens (primary N) is 1. The van der Waals surface area contributed by atoms with Crippen LogP contribution < -0.4 is 5.73 Å². The predicted octanol–water partition coefficient (Wildman–Crippen LogP) is 3.42. The zero-order valence-corrected chi connectivity index (χ0v) is 11.5. The highest BCUT2D eigenvalue weighted by atomic mass is 16.5. The van der Waals surface area contributed by atoms with Crippen LogP contribution in [-0.4, -0.2) is 11.6 Å². The maximum absolute atomic E-state index is 5.66. The van der Waals surface area contributed by atoms with Crippen molar-refractivity contribution < 1.29 is 4.74 Å². The van der Waals surface area contributed by atoms with E-state index in [1.54, 1.807) is 6.20 Å². The lowest BCUT2D eigenvalue weighted by atomic mass is 10.1. The molecular weight excluding hydrogens is 224 g/mol. The Balaban J connectivity index is 2.03. The molecule has 1 rings (SSSR count). The van der Waals surface area contributed by atoms with Gasteiger partial charge in [0.1, 0.15) is 0 Å². The maximum atomic E-state index is 5.66. The molecule has 0 aliphatic rings. The molecule has 18 heavy (non-hydrogen) atoms. The fourth-order valence-corrected chi connectivity index (χ4v) is 1.90. The molecule has 1 heterocycles. The van der Waals surface area contributed by atoms with Crippen LogP contribution in [0.1, 0.15) is 56.7 Å². The van der Waals surface area contributed by atoms with E-state index in [2.05, 4.69) is 11.9 Å². The van der Waals surface area contributed by atoms with Crippen LogP contribution in [0.25, 0.3) is 0 Å². The van der Waals surface area contributed by atoms with Crippen LogP contribution in [0.2, 0.25) is 0 Å². The Labute approximate surface area is 111 Å². The minimum absolute atomic E-state index is 0.491. The minimum atomic E-state index is 0.491. The highest BCUT2D eigenvalue weighted by molar-refractivity contribution is 5.15. The number of nitrogens with zero attached hydrogens (tertiary/aromatic N) is 1. The van der Waals surface area contributed by atoms with Gasteiger partial charge in [0.05, 0.1) is 12.3 Å². The molecule has 0 bridgehead atoms. The molecule has 0 spiro atoms. The van der Waals surface area contributed by atoms with Crippen molar-refractivity contribution in [2.45, 2.75) is 58.6 Å². The molecule has 0 fully saturated rings. The second-order valence-electron chi connectivity index (χ2n) is 4.68. The highest BCUT2D eigenvalue weighted by Gasteiger charge is 1.96. The van der Waals surface area contributed by atoms with Crippen LogP contribution in [0, 0.1) is 0 Å². The third kappa shape index (κ3) is 6.72. The Morgan fingerprint density at radius 2 is 1.94 bits per heavy atom. The molecule has 102 valence electrons. The van der Waals surface area contributed by atoms with E-state index in [-0.39, 0.29) is 0 Å². The summed E-state index contributed by atoms with van der Waals surface area (Å²) in [5.41, 5.74) is 7.64. The molecule has 0 atom stereocenters. The fourth-order valence-electron chi connectivity index (χ4n) is 1.90. The summed E-state index contributed by atoms with van der Waals surface area (Å²) in [7, 11) is 0. The Hall–Kier alpha value is -0.930. The molecule has 0 aliphatic heterocycles. The number of aromatic nitrogens is 1. The molecule has 0 saturated carbocycles. The quantitative estimate of drug-likeness (QED) is 0.647. The second kappa shape index (κ2) is 10.0. The molecule has 0 amide bonds. The normalized spacial score (nSPS) is 10.8. The van der Waals surface area contributed by atoms with Crippen molar-refractivity contribution in [3.05, 3.63) is 29.6 Å². The molecule has 0 aromatic carbocycles. The first-order valence-electron chi connectivity index (χ1n) is 7.08. The van der Waals surface area contributed by atoms with E-state index in [0.717, 1.165) is 17.9 Å². The van der Waals surface area contributed by atoms with Crippen molar-refractivity contribution in [2.75, 3.05) is 6.61 Å². The number of hydrogen-bond acceptors (Lipinski definition) is 3. The molecule has 0 aliphatic carbocycles. The van der Waals surface area contributed by atoms with E-state index in [9.17, 15) is 0 Å². The van der Waals surface area contributed by atoms with Crippen LogP contribution in [0.15, 0.2) is 18.3 Å². The van der Waals surface area contributed by atoms with Crippen molar-refractivity contribution >= 4 is 0 Å². The number of hydrogen-bond donors (Lipinski definition) is 1. The largest absolute Gasteiger partial charge is 0.377 e. The van der Waals surface area contributed by atoms with Crippen LogP contribution in [0.4, 0.5) is 0 Å². The van der Waals surface area contributed by atoms with E-state index >= 15 is 0 Å². The third-order valence-corrected chi connectivity index (χ3v) is 3.00. The van der Waals surface area contributed by atoms with Gasteiger partial charge in [0, 0.05) is 19.3 Å². The third-order valence-electron chi connectivity index (χ3n) is 3.00. The molecule has 0 saturated heterocycles. The van der Waals surface area contributed by atoms with E-state index in [4.69, 9.17) is 10.5 Å². The predicted molar refractivity (Wildman–Crippen MR) is 75.2 cm³/mol. The number of pyridine rings is 1. The van der Waals surface area contributed by atoms with Crippen molar-refractivity contribution in [3.63, 3.8) is 0 Å². The fraction of sp³-hybridized carbons (Fsp3) is 0.667. The van der Waals surface area contributed by atoms with Crippen molar-refractivity contribution in [1.29, 1.82) is 0 Å². The summed E-state index contributed by atoms with van der Waals surface area (Å²) in [6, 6.07) is 4.00. The molecule has 2 N–H and O–H groups in total. The van der Waals surface area contributed by atoms with E-state index < -0.39 is 0 Å². The van der Waals surface area contributed by atoms with Crippen LogP contribution >= 0.6 is 0 Å². The van der Waals surface area contributed by atoms with Gasteiger partial charge in [-0.1, -0.05) is 39.0 Å². The van der Waals surface area contributed by atoms with E-state index in [0.29, 0.717) is 13.2 Å². The lowest BCUT2D eigenvalue weighted by Crippen LogP contribution is -2.01. The zero-order valence-electron chi connectivity index (χ0n) is 11.5. The van der Waals surface area contributed by atoms with Gasteiger partial charge in [-0.05, 0) is 24.1 Å². The second-order valence-corrected chi connectivity index (χ2v) is 4.68. The van der Waals surface area contributed by atoms with Gasteiger partial charge < -0.3 is 10.5 Å². The number of unbranched alkanes of at least 4 members (excludes halogenated alkanes) is 5. The average Bonchev–Trinajstić information content (AvgIpc) is 2.42. The SMILES string of the molecule is CCCCCCCCOCc1ccnc(CN)c1. The summed E-state index contributed by atoms with van der Waals surface area (Å²) in [6.07, 6.45) is 9.61. The summed E-state index contributed by atoms with van der Waals surface area (Å²) < 4.78 is 5.66. The van der Waals surface area contributed by atoms with E-state index in [1.165, 1.54) is 38.5 Å². The molecule has 1 aromatic heterocycles. The molecule has 3 heteroatoms. The molecule has 3 nitrogen and oxygen atoms in total. The first-order chi connectivity index (χ1) is 8.86. The van der Waals surface area contributed by atoms with Crippen molar-refractivity contribution in [1.82, 2.24) is 4.98 Å². The topological polar surface area (TPSA) is 48.1 Å². The van der Waals surface area contributed by atoms with Crippen LogP contribution in [0.3, 0.4) is 0 Å². The summed E-state index contributed by atoms with van der Waals surface area (Å²) in [4.78, 5) is 4.16. The summed E-state index contributed by atoms with van der Waals surface area (Å²) in [5, 5.41) is 0. The number of ether oxygens (including phenoxy) is 1. The van der Waals surface area contributed by atoms with Gasteiger partial charge in [-0.2, -0.15) is 0 Å². The van der Waals surface area contributed by atoms with Gasteiger partial charge in [0.2, 0.25) is 0 Å². The summed E-state index contributed by atoms with van der Waals surface area (Å²) in [5.74, 6) is 0. The van der Waals surface area contributed by atoms with Gasteiger partial charge >= 0.3 is 0 Å². The van der Waals surface area contributed by atoms with Crippen molar-refractivity contribution in [2.24, 2.45) is 5.73 Å². The van der Waals surface area contributed by atoms with Crippen LogP contribution in [-0.2, 0) is 17.9 Å². The van der Waals surface area contributed by atoms with Gasteiger partial charge in [0.25, 0.3) is 0 Å². The van der Waals surface area contributed by atoms with Gasteiger partial charge in [-0.25, -0.2) is 0 Å². The maximum Gasteiger partial charge on any atom is 0.0718 e. The highest BCUT2D eigenvalue weighted by Crippen LogP contribution is 2.07. The summed E-state index contributed by atoms with van der Waals surface area (Å²) >= 11 is 0. The summed E-state index contributed by atoms with van der Waals surface area (Å²) in [6.45, 7) is 4.26. The lowest BCUT2D eigenvalue weighted by Gasteiger charge is -2.05. The Kier molecular flexibility index (Phi) is 8.43. The van der Waals surface area contributed by atoms with Gasteiger partial charge in [0.15, 0.2) is 0 Å². The van der Waals surface area contributed by atoms with Gasteiger partial charge in [-0.15, -0.1) is 0 Å². The Morgan fingerprint density at radius 3 is 2.72 bits per heavy atom. The smallest absolute Gasteiger partial charge is 0.0718 e. The minimum Gasteiger partial charge on any atom is -0.377 e. The molecule has 0 radical (unpaired) electrons. The first-order valence-corrected chi connectivity index (χ1v) is 7.08. The van der Waals surface area contributed by atoms with E-state index in [1.807, 2.05) is 12.1 Å². The molecule has 1 aromatic rings. The first kappa shape index (κ1) is 15.1. The monoisotopic (exact) mass is 250 g/mol. The van der Waals surface area contributed by atoms with Crippen molar-refractivity contribution in [3.8, 4) is 0 Å². The number of rotatable bonds is 10. The standard InChI is InChI=1S/C15H26N2O/c1-2-3-4-5-6-7-10-18-13-14-8-9-17-15(11-14)12-16/h8-9,11H,2-7,10,12-13,16H2,1H3. The Morgan fingerprint density at radius 1 is 1.17 bits per heavy atom. The molecule has 0 unspecified atom stereocenters. The van der Waals surface area contributed by atoms with Crippen LogP contribution in [0.5, 0.6) is 0 Å².